The number of nitrogens with zero attached hydrogens (tertiary/aromatic N) is 3. The predicted octanol–water partition coefficient (Wildman–Crippen LogP) is 3.06. The van der Waals surface area contributed by atoms with E-state index in [1.165, 1.54) is 25.7 Å². The van der Waals surface area contributed by atoms with Crippen molar-refractivity contribution in [3.8, 4) is 5.75 Å². The fourth-order valence-electron chi connectivity index (χ4n) is 4.66. The summed E-state index contributed by atoms with van der Waals surface area (Å²) in [6.45, 7) is 4.07. The highest BCUT2D eigenvalue weighted by Gasteiger charge is 2.35. The maximum atomic E-state index is 13.1. The van der Waals surface area contributed by atoms with E-state index in [0.29, 0.717) is 18.8 Å². The Labute approximate surface area is 173 Å². The Morgan fingerprint density at radius 3 is 2.14 bits per heavy atom. The van der Waals surface area contributed by atoms with Gasteiger partial charge in [0.2, 0.25) is 5.91 Å². The number of hydrogen-bond donors (Lipinski definition) is 0. The van der Waals surface area contributed by atoms with Crippen LogP contribution in [0, 0.1) is 0 Å². The first-order valence-electron chi connectivity index (χ1n) is 11.3. The van der Waals surface area contributed by atoms with Gasteiger partial charge in [-0.25, -0.2) is 0 Å². The molecule has 0 unspecified atom stereocenters. The summed E-state index contributed by atoms with van der Waals surface area (Å²) in [6.07, 6.45) is 8.63. The Bertz CT molecular complexity index is 709. The van der Waals surface area contributed by atoms with Crippen LogP contribution in [0.5, 0.6) is 5.75 Å². The zero-order valence-corrected chi connectivity index (χ0v) is 17.4. The van der Waals surface area contributed by atoms with Gasteiger partial charge >= 0.3 is 0 Å². The SMILES string of the molecule is O=C(CN1C[C@@H](C(=O)N2CCCCC2)Oc2ccccc21)N1CCCCCCC1. The van der Waals surface area contributed by atoms with Crippen molar-refractivity contribution in [1.29, 1.82) is 0 Å². The van der Waals surface area contributed by atoms with Crippen molar-refractivity contribution in [2.24, 2.45) is 0 Å². The van der Waals surface area contributed by atoms with E-state index in [9.17, 15) is 9.59 Å². The van der Waals surface area contributed by atoms with Crippen molar-refractivity contribution in [2.45, 2.75) is 57.5 Å². The Hall–Kier alpha value is -2.24. The van der Waals surface area contributed by atoms with Crippen molar-refractivity contribution < 1.29 is 14.3 Å². The number of fused-ring (bicyclic) bond motifs is 1. The molecule has 0 spiro atoms. The molecule has 6 nitrogen and oxygen atoms in total. The number of para-hydroxylation sites is 2. The van der Waals surface area contributed by atoms with E-state index in [1.807, 2.05) is 39.0 Å². The Balaban J connectivity index is 1.47. The third kappa shape index (κ3) is 4.85. The summed E-state index contributed by atoms with van der Waals surface area (Å²) in [4.78, 5) is 32.1. The molecular weight excluding hydrogens is 366 g/mol. The zero-order valence-electron chi connectivity index (χ0n) is 17.4. The topological polar surface area (TPSA) is 53.1 Å². The van der Waals surface area contributed by atoms with E-state index in [-0.39, 0.29) is 11.8 Å². The first-order chi connectivity index (χ1) is 14.2. The lowest BCUT2D eigenvalue weighted by Crippen LogP contribution is -2.53. The highest BCUT2D eigenvalue weighted by atomic mass is 16.5. The molecule has 1 aromatic rings. The molecule has 2 saturated heterocycles. The molecule has 3 heterocycles. The maximum Gasteiger partial charge on any atom is 0.265 e. The van der Waals surface area contributed by atoms with E-state index in [4.69, 9.17) is 4.74 Å². The molecule has 2 fully saturated rings. The zero-order chi connectivity index (χ0) is 20.1. The second-order valence-corrected chi connectivity index (χ2v) is 8.49. The molecule has 1 aromatic carbocycles. The highest BCUT2D eigenvalue weighted by molar-refractivity contribution is 5.86. The molecule has 4 rings (SSSR count). The van der Waals surface area contributed by atoms with Crippen LogP contribution in [0.2, 0.25) is 0 Å². The summed E-state index contributed by atoms with van der Waals surface area (Å²) in [5, 5.41) is 0. The Morgan fingerprint density at radius 2 is 1.41 bits per heavy atom. The van der Waals surface area contributed by atoms with Crippen molar-refractivity contribution in [1.82, 2.24) is 9.80 Å². The summed E-state index contributed by atoms with van der Waals surface area (Å²) < 4.78 is 6.08. The lowest BCUT2D eigenvalue weighted by molar-refractivity contribution is -0.140. The van der Waals surface area contributed by atoms with Crippen molar-refractivity contribution in [3.05, 3.63) is 24.3 Å². The molecule has 3 aliphatic rings. The quantitative estimate of drug-likeness (QED) is 0.784. The minimum Gasteiger partial charge on any atom is -0.477 e. The van der Waals surface area contributed by atoms with E-state index < -0.39 is 6.10 Å². The summed E-state index contributed by atoms with van der Waals surface area (Å²) in [7, 11) is 0. The third-order valence-electron chi connectivity index (χ3n) is 6.34. The van der Waals surface area contributed by atoms with Gasteiger partial charge in [-0.3, -0.25) is 9.59 Å². The number of carbonyl (C=O) groups excluding carboxylic acids is 2. The van der Waals surface area contributed by atoms with E-state index in [0.717, 1.165) is 57.5 Å². The molecule has 0 radical (unpaired) electrons. The Kier molecular flexibility index (Phi) is 6.57. The lowest BCUT2D eigenvalue weighted by atomic mass is 10.1. The molecule has 0 aromatic heterocycles. The minimum absolute atomic E-state index is 0.0583. The van der Waals surface area contributed by atoms with Crippen LogP contribution in [0.1, 0.15) is 51.4 Å². The first kappa shape index (κ1) is 20.0. The lowest BCUT2D eigenvalue weighted by Gasteiger charge is -2.38. The number of benzene rings is 1. The van der Waals surface area contributed by atoms with Crippen LogP contribution in [-0.4, -0.2) is 67.0 Å². The Morgan fingerprint density at radius 1 is 0.828 bits per heavy atom. The molecule has 29 heavy (non-hydrogen) atoms. The minimum atomic E-state index is -0.539. The second kappa shape index (κ2) is 9.51. The highest BCUT2D eigenvalue weighted by Crippen LogP contribution is 2.33. The van der Waals surface area contributed by atoms with Gasteiger partial charge < -0.3 is 19.4 Å². The number of piperidine rings is 1. The van der Waals surface area contributed by atoms with Gasteiger partial charge in [0.25, 0.3) is 5.91 Å². The van der Waals surface area contributed by atoms with Crippen LogP contribution in [0.15, 0.2) is 24.3 Å². The summed E-state index contributed by atoms with van der Waals surface area (Å²) >= 11 is 0. The van der Waals surface area contributed by atoms with Gasteiger partial charge in [0.05, 0.1) is 18.8 Å². The van der Waals surface area contributed by atoms with Crippen LogP contribution < -0.4 is 9.64 Å². The summed E-state index contributed by atoms with van der Waals surface area (Å²) in [5.74, 6) is 0.922. The van der Waals surface area contributed by atoms with E-state index >= 15 is 0 Å². The monoisotopic (exact) mass is 399 g/mol. The molecule has 2 amide bonds. The molecular formula is C23H33N3O3. The maximum absolute atomic E-state index is 13.1. The number of amides is 2. The van der Waals surface area contributed by atoms with Crippen LogP contribution in [0.25, 0.3) is 0 Å². The molecule has 0 aliphatic carbocycles. The van der Waals surface area contributed by atoms with Gasteiger partial charge in [-0.05, 0) is 44.2 Å². The summed E-state index contributed by atoms with van der Waals surface area (Å²) in [5.41, 5.74) is 0.913. The fourth-order valence-corrected chi connectivity index (χ4v) is 4.66. The number of anilines is 1. The molecule has 3 aliphatic heterocycles. The normalized spacial score (nSPS) is 22.9. The predicted molar refractivity (Wildman–Crippen MR) is 113 cm³/mol. The van der Waals surface area contributed by atoms with Crippen molar-refractivity contribution in [2.75, 3.05) is 44.2 Å². The number of ether oxygens (including phenoxy) is 1. The van der Waals surface area contributed by atoms with Gasteiger partial charge in [0, 0.05) is 26.2 Å². The van der Waals surface area contributed by atoms with Crippen molar-refractivity contribution in [3.63, 3.8) is 0 Å². The average molecular weight is 400 g/mol. The van der Waals surface area contributed by atoms with Crippen LogP contribution in [0.4, 0.5) is 5.69 Å². The van der Waals surface area contributed by atoms with E-state index in [1.54, 1.807) is 0 Å². The van der Waals surface area contributed by atoms with E-state index in [2.05, 4.69) is 0 Å². The largest absolute Gasteiger partial charge is 0.477 e. The van der Waals surface area contributed by atoms with Crippen molar-refractivity contribution >= 4 is 17.5 Å². The molecule has 158 valence electrons. The third-order valence-corrected chi connectivity index (χ3v) is 6.34. The standard InChI is InChI=1S/C23H33N3O3/c27-22(24-13-7-2-1-3-8-14-24)18-26-17-21(23(28)25-15-9-4-10-16-25)29-20-12-6-5-11-19(20)26/h5-6,11-12,21H,1-4,7-10,13-18H2/t21-/m0/s1. The van der Waals surface area contributed by atoms with Gasteiger partial charge in [-0.1, -0.05) is 31.4 Å². The smallest absolute Gasteiger partial charge is 0.265 e. The average Bonchev–Trinajstić information content (AvgIpc) is 2.73. The molecule has 0 bridgehead atoms. The first-order valence-corrected chi connectivity index (χ1v) is 11.3. The summed E-state index contributed by atoms with van der Waals surface area (Å²) in [6, 6.07) is 7.77. The van der Waals surface area contributed by atoms with Gasteiger partial charge in [0.15, 0.2) is 6.10 Å². The van der Waals surface area contributed by atoms with Crippen LogP contribution in [-0.2, 0) is 9.59 Å². The van der Waals surface area contributed by atoms with Crippen LogP contribution in [0.3, 0.4) is 0 Å². The van der Waals surface area contributed by atoms with Gasteiger partial charge in [-0.15, -0.1) is 0 Å². The number of likely N-dealkylation sites (tertiary alicyclic amines) is 2. The molecule has 0 N–H and O–H groups in total. The number of hydrogen-bond acceptors (Lipinski definition) is 4. The number of rotatable bonds is 3. The van der Waals surface area contributed by atoms with Gasteiger partial charge in [-0.2, -0.15) is 0 Å². The molecule has 1 atom stereocenters. The molecule has 0 saturated carbocycles. The fraction of sp³-hybridized carbons (Fsp3) is 0.652. The van der Waals surface area contributed by atoms with Crippen LogP contribution >= 0.6 is 0 Å². The van der Waals surface area contributed by atoms with Gasteiger partial charge in [0.1, 0.15) is 5.75 Å². The molecule has 6 heteroatoms. The number of carbonyl (C=O) groups is 2. The second-order valence-electron chi connectivity index (χ2n) is 8.49.